The monoisotopic (exact) mass is 362 g/mol. The van der Waals surface area contributed by atoms with Crippen LogP contribution >= 0.6 is 0 Å². The minimum atomic E-state index is 0.423. The maximum atomic E-state index is 8.32. The zero-order valence-corrected chi connectivity index (χ0v) is 16.5. The second-order valence-electron chi connectivity index (χ2n) is 6.54. The summed E-state index contributed by atoms with van der Waals surface area (Å²) >= 11 is 0. The van der Waals surface area contributed by atoms with Gasteiger partial charge >= 0.3 is 0 Å². The fourth-order valence-corrected chi connectivity index (χ4v) is 2.51. The Morgan fingerprint density at radius 2 is 1.04 bits per heavy atom. The van der Waals surface area contributed by atoms with Gasteiger partial charge in [0.1, 0.15) is 0 Å². The third-order valence-electron chi connectivity index (χ3n) is 4.00. The smallest absolute Gasteiger partial charge is 0.197 e. The van der Waals surface area contributed by atoms with E-state index in [1.165, 1.54) is 0 Å². The Labute approximate surface area is 157 Å². The van der Waals surface area contributed by atoms with Gasteiger partial charge in [-0.25, -0.2) is 0 Å². The van der Waals surface area contributed by atoms with Crippen LogP contribution in [0, 0.1) is 10.8 Å². The molecule has 0 atom stereocenters. The molecule has 146 valence electrons. The van der Waals surface area contributed by atoms with Crippen molar-refractivity contribution in [3.05, 3.63) is 24.3 Å². The molecule has 0 bridgehead atoms. The van der Waals surface area contributed by atoms with E-state index in [2.05, 4.69) is 0 Å². The Morgan fingerprint density at radius 1 is 0.731 bits per heavy atom. The molecule has 0 radical (unpaired) electrons. The molecule has 0 saturated carbocycles. The van der Waals surface area contributed by atoms with Crippen LogP contribution in [0.4, 0.5) is 11.4 Å². The zero-order chi connectivity index (χ0) is 19.7. The third-order valence-corrected chi connectivity index (χ3v) is 4.00. The molecule has 8 heteroatoms. The van der Waals surface area contributed by atoms with Crippen molar-refractivity contribution in [2.45, 2.75) is 12.8 Å². The van der Waals surface area contributed by atoms with Gasteiger partial charge in [-0.15, -0.1) is 0 Å². The van der Waals surface area contributed by atoms with E-state index in [9.17, 15) is 0 Å². The number of nitrogens with two attached hydrogens (primary N) is 2. The molecular weight excluding hydrogens is 328 g/mol. The van der Waals surface area contributed by atoms with Gasteiger partial charge < -0.3 is 31.1 Å². The van der Waals surface area contributed by atoms with E-state index in [0.29, 0.717) is 38.1 Å². The number of nitrogens with zero attached hydrogens (tertiary/aromatic N) is 4. The van der Waals surface area contributed by atoms with Gasteiger partial charge in [-0.3, -0.25) is 10.8 Å². The van der Waals surface area contributed by atoms with Crippen LogP contribution in [0.25, 0.3) is 0 Å². The van der Waals surface area contributed by atoms with Crippen LogP contribution in [-0.4, -0.2) is 76.1 Å². The number of guanidine groups is 2. The van der Waals surface area contributed by atoms with Crippen LogP contribution in [0.2, 0.25) is 0 Å². The molecule has 0 fully saturated rings. The molecule has 0 heterocycles. The number of benzene rings is 1. The lowest BCUT2D eigenvalue weighted by Crippen LogP contribution is -2.42. The van der Waals surface area contributed by atoms with Crippen molar-refractivity contribution in [1.29, 1.82) is 10.8 Å². The average Bonchev–Trinajstić information content (AvgIpc) is 2.62. The Kier molecular flexibility index (Phi) is 8.87. The summed E-state index contributed by atoms with van der Waals surface area (Å²) in [5.74, 6) is 0.847. The molecule has 8 nitrogen and oxygen atoms in total. The topological polar surface area (TPSA) is 113 Å². The first-order valence-electron chi connectivity index (χ1n) is 8.90. The van der Waals surface area contributed by atoms with Crippen molar-refractivity contribution < 1.29 is 0 Å². The molecule has 0 spiro atoms. The zero-order valence-electron chi connectivity index (χ0n) is 16.5. The normalized spacial score (nSPS) is 10.4. The van der Waals surface area contributed by atoms with Crippen molar-refractivity contribution in [2.75, 3.05) is 64.2 Å². The van der Waals surface area contributed by atoms with Gasteiger partial charge in [-0.05, 0) is 50.2 Å². The van der Waals surface area contributed by atoms with Crippen LogP contribution < -0.4 is 21.3 Å². The first-order valence-corrected chi connectivity index (χ1v) is 8.90. The molecule has 6 N–H and O–H groups in total. The molecule has 1 aromatic carbocycles. The van der Waals surface area contributed by atoms with Gasteiger partial charge in [-0.1, -0.05) is 0 Å². The number of rotatable bonds is 8. The van der Waals surface area contributed by atoms with E-state index < -0.39 is 0 Å². The predicted molar refractivity (Wildman–Crippen MR) is 111 cm³/mol. The summed E-state index contributed by atoms with van der Waals surface area (Å²) < 4.78 is 0. The number of hydrogen-bond donors (Lipinski definition) is 4. The molecule has 1 rings (SSSR count). The minimum absolute atomic E-state index is 0.423. The Balaban J connectivity index is 3.07. The Bertz CT molecular complexity index is 516. The summed E-state index contributed by atoms with van der Waals surface area (Å²) in [5, 5.41) is 16.6. The van der Waals surface area contributed by atoms with Crippen molar-refractivity contribution in [3.8, 4) is 0 Å². The maximum Gasteiger partial charge on any atom is 0.197 e. The highest BCUT2D eigenvalue weighted by Crippen LogP contribution is 2.22. The first-order chi connectivity index (χ1) is 12.3. The first kappa shape index (κ1) is 21.7. The van der Waals surface area contributed by atoms with Crippen LogP contribution in [0.1, 0.15) is 12.8 Å². The standard InChI is InChI=1S/C18H34N8/c1-23(2)17(21)25(13-5-11-19)15-7-9-16(10-8-15)26(14-6-12-20)18(22)24(3)4/h7-10,21-22H,5-6,11-14,19-20H2,1-4H3. The van der Waals surface area contributed by atoms with Gasteiger partial charge in [0, 0.05) is 52.7 Å². The van der Waals surface area contributed by atoms with Gasteiger partial charge in [0.15, 0.2) is 11.9 Å². The highest BCUT2D eigenvalue weighted by atomic mass is 15.3. The largest absolute Gasteiger partial charge is 0.349 e. The van der Waals surface area contributed by atoms with E-state index in [0.717, 1.165) is 24.2 Å². The maximum absolute atomic E-state index is 8.32. The SMILES string of the molecule is CN(C)C(=N)N(CCCN)c1ccc(N(CCCN)C(=N)N(C)C)cc1. The van der Waals surface area contributed by atoms with E-state index in [1.807, 2.05) is 62.3 Å². The predicted octanol–water partition coefficient (Wildman–Crippen LogP) is 0.990. The fraction of sp³-hybridized carbons (Fsp3) is 0.556. The molecule has 0 unspecified atom stereocenters. The minimum Gasteiger partial charge on any atom is -0.349 e. The molecule has 0 aromatic heterocycles. The van der Waals surface area contributed by atoms with E-state index in [4.69, 9.17) is 22.3 Å². The van der Waals surface area contributed by atoms with Gasteiger partial charge in [0.25, 0.3) is 0 Å². The lowest BCUT2D eigenvalue weighted by atomic mass is 10.2. The Morgan fingerprint density at radius 3 is 1.27 bits per heavy atom. The summed E-state index contributed by atoms with van der Waals surface area (Å²) in [6.45, 7) is 2.55. The van der Waals surface area contributed by atoms with Crippen molar-refractivity contribution in [2.24, 2.45) is 11.5 Å². The molecule has 0 aliphatic heterocycles. The molecule has 0 amide bonds. The summed E-state index contributed by atoms with van der Waals surface area (Å²) in [7, 11) is 7.44. The summed E-state index contributed by atoms with van der Waals surface area (Å²) in [5.41, 5.74) is 13.2. The molecule has 0 aliphatic rings. The van der Waals surface area contributed by atoms with Gasteiger partial charge in [0.2, 0.25) is 0 Å². The van der Waals surface area contributed by atoms with Gasteiger partial charge in [0.05, 0.1) is 0 Å². The number of anilines is 2. The molecular formula is C18H34N8. The summed E-state index contributed by atoms with van der Waals surface area (Å²) in [6.07, 6.45) is 1.62. The van der Waals surface area contributed by atoms with Crippen LogP contribution in [0.15, 0.2) is 24.3 Å². The molecule has 0 saturated heterocycles. The summed E-state index contributed by atoms with van der Waals surface area (Å²) in [4.78, 5) is 7.44. The highest BCUT2D eigenvalue weighted by Gasteiger charge is 2.16. The molecule has 0 aliphatic carbocycles. The molecule has 26 heavy (non-hydrogen) atoms. The number of hydrogen-bond acceptors (Lipinski definition) is 4. The van der Waals surface area contributed by atoms with E-state index >= 15 is 0 Å². The lowest BCUT2D eigenvalue weighted by molar-refractivity contribution is 0.593. The number of nitrogens with one attached hydrogen (secondary N) is 2. The fourth-order valence-electron chi connectivity index (χ4n) is 2.51. The summed E-state index contributed by atoms with van der Waals surface area (Å²) in [6, 6.07) is 7.95. The van der Waals surface area contributed by atoms with Gasteiger partial charge in [-0.2, -0.15) is 0 Å². The van der Waals surface area contributed by atoms with Crippen LogP contribution in [0.5, 0.6) is 0 Å². The van der Waals surface area contributed by atoms with Crippen LogP contribution in [-0.2, 0) is 0 Å². The van der Waals surface area contributed by atoms with E-state index in [1.54, 1.807) is 9.80 Å². The van der Waals surface area contributed by atoms with Crippen molar-refractivity contribution >= 4 is 23.3 Å². The van der Waals surface area contributed by atoms with E-state index in [-0.39, 0.29) is 0 Å². The van der Waals surface area contributed by atoms with Crippen molar-refractivity contribution in [1.82, 2.24) is 9.80 Å². The van der Waals surface area contributed by atoms with Crippen molar-refractivity contribution in [3.63, 3.8) is 0 Å². The Hall–Kier alpha value is -2.32. The second-order valence-corrected chi connectivity index (χ2v) is 6.54. The lowest BCUT2D eigenvalue weighted by Gasteiger charge is -2.31. The highest BCUT2D eigenvalue weighted by molar-refractivity contribution is 5.95. The quantitative estimate of drug-likeness (QED) is 0.405. The second kappa shape index (κ2) is 10.6. The average molecular weight is 363 g/mol. The van der Waals surface area contributed by atoms with Crippen LogP contribution in [0.3, 0.4) is 0 Å². The third kappa shape index (κ3) is 5.89. The molecule has 1 aromatic rings.